The molecule has 2 fully saturated rings. The van der Waals surface area contributed by atoms with Gasteiger partial charge in [0, 0.05) is 24.2 Å². The molecule has 0 aliphatic carbocycles. The maximum absolute atomic E-state index is 12.9. The summed E-state index contributed by atoms with van der Waals surface area (Å²) < 4.78 is 5.82. The fraction of sp³-hybridized carbons (Fsp3) is 0.550. The maximum atomic E-state index is 12.9. The third-order valence-electron chi connectivity index (χ3n) is 5.43. The van der Waals surface area contributed by atoms with Crippen LogP contribution in [0.1, 0.15) is 49.9 Å². The van der Waals surface area contributed by atoms with E-state index in [0.29, 0.717) is 34.1 Å². The molecule has 4 atom stereocenters. The van der Waals surface area contributed by atoms with Gasteiger partial charge in [-0.15, -0.1) is 18.3 Å². The summed E-state index contributed by atoms with van der Waals surface area (Å²) in [5, 5.41) is 3.52. The lowest BCUT2D eigenvalue weighted by atomic mass is 9.97. The molecule has 1 amide bonds. The molecule has 2 saturated heterocycles. The number of benzene rings is 1. The number of nitrogen functional groups attached to an aromatic ring is 1. The van der Waals surface area contributed by atoms with Crippen molar-refractivity contribution in [1.29, 1.82) is 0 Å². The minimum Gasteiger partial charge on any atom is -0.477 e. The number of rotatable bonds is 4. The van der Waals surface area contributed by atoms with Crippen LogP contribution in [0.5, 0.6) is 5.75 Å². The van der Waals surface area contributed by atoms with E-state index in [1.54, 1.807) is 19.1 Å². The van der Waals surface area contributed by atoms with E-state index in [2.05, 4.69) is 29.1 Å². The van der Waals surface area contributed by atoms with Gasteiger partial charge in [0.15, 0.2) is 6.10 Å². The standard InChI is InChI=1S/C20H26ClN3O2.ClH/c1-4-5-12(2)26-19-11-18(22)17(21)10-16(19)20(25)23-13-8-14-6-7-15(9-13)24(14)3;/h10-15H,6-9,22H2,1-3H3,(H,23,25);1H/t12-,13?,14-,15+;/m0./s1. The zero-order chi connectivity index (χ0) is 18.8. The van der Waals surface area contributed by atoms with Crippen LogP contribution in [0.4, 0.5) is 5.69 Å². The van der Waals surface area contributed by atoms with Gasteiger partial charge in [-0.2, -0.15) is 0 Å². The van der Waals surface area contributed by atoms with E-state index in [1.165, 1.54) is 12.8 Å². The average molecular weight is 412 g/mol. The second-order valence-corrected chi connectivity index (χ2v) is 7.62. The van der Waals surface area contributed by atoms with Crippen LogP contribution in [0.15, 0.2) is 12.1 Å². The van der Waals surface area contributed by atoms with Gasteiger partial charge in [-0.05, 0) is 52.6 Å². The van der Waals surface area contributed by atoms with Crippen molar-refractivity contribution in [2.75, 3.05) is 12.8 Å². The summed E-state index contributed by atoms with van der Waals surface area (Å²) in [6.45, 7) is 3.58. The van der Waals surface area contributed by atoms with Crippen LogP contribution in [0, 0.1) is 11.8 Å². The first-order valence-corrected chi connectivity index (χ1v) is 9.47. The lowest BCUT2D eigenvalue weighted by Crippen LogP contribution is -2.48. The molecule has 0 radical (unpaired) electrons. The molecule has 2 bridgehead atoms. The Kier molecular flexibility index (Phi) is 7.27. The predicted octanol–water partition coefficient (Wildman–Crippen LogP) is 3.49. The molecule has 2 heterocycles. The molecule has 2 aliphatic heterocycles. The van der Waals surface area contributed by atoms with Gasteiger partial charge in [0.2, 0.25) is 0 Å². The topological polar surface area (TPSA) is 67.6 Å². The normalized spacial score (nSPS) is 25.0. The second-order valence-electron chi connectivity index (χ2n) is 7.22. The molecule has 3 N–H and O–H groups in total. The van der Waals surface area contributed by atoms with Crippen molar-refractivity contribution < 1.29 is 9.53 Å². The molecule has 5 nitrogen and oxygen atoms in total. The molecule has 0 spiro atoms. The number of carbonyl (C=O) groups excluding carboxylic acids is 1. The van der Waals surface area contributed by atoms with Gasteiger partial charge in [-0.3, -0.25) is 4.79 Å². The van der Waals surface area contributed by atoms with E-state index in [0.717, 1.165) is 12.8 Å². The summed E-state index contributed by atoms with van der Waals surface area (Å²) >= 11 is 6.15. The third-order valence-corrected chi connectivity index (χ3v) is 5.76. The second kappa shape index (κ2) is 9.05. The molecule has 27 heavy (non-hydrogen) atoms. The lowest BCUT2D eigenvalue weighted by Gasteiger charge is -2.36. The van der Waals surface area contributed by atoms with Gasteiger partial charge in [-0.1, -0.05) is 17.5 Å². The lowest BCUT2D eigenvalue weighted by molar-refractivity contribution is 0.0878. The molecule has 148 valence electrons. The molecule has 7 heteroatoms. The summed E-state index contributed by atoms with van der Waals surface area (Å²) in [7, 11) is 2.18. The highest BCUT2D eigenvalue weighted by molar-refractivity contribution is 6.33. The van der Waals surface area contributed by atoms with Gasteiger partial charge in [-0.25, -0.2) is 0 Å². The number of hydrogen-bond acceptors (Lipinski definition) is 4. The van der Waals surface area contributed by atoms with Crippen LogP contribution in [0.3, 0.4) is 0 Å². The Morgan fingerprint density at radius 1 is 1.37 bits per heavy atom. The maximum Gasteiger partial charge on any atom is 0.255 e. The number of anilines is 1. The van der Waals surface area contributed by atoms with E-state index < -0.39 is 0 Å². The monoisotopic (exact) mass is 411 g/mol. The van der Waals surface area contributed by atoms with Gasteiger partial charge in [0.1, 0.15) is 5.75 Å². The summed E-state index contributed by atoms with van der Waals surface area (Å²) in [4.78, 5) is 15.4. The van der Waals surface area contributed by atoms with Crippen molar-refractivity contribution in [3.63, 3.8) is 0 Å². The Labute approximate surface area is 172 Å². The SMILES string of the molecule is CC#C[C@H](C)Oc1cc(N)c(Cl)cc1C(=O)NC1C[C@H]2CC[C@@H](C1)N2C.Cl. The smallest absolute Gasteiger partial charge is 0.255 e. The Bertz CT molecular complexity index is 746. The highest BCUT2D eigenvalue weighted by Crippen LogP contribution is 2.35. The Balaban J connectivity index is 0.00000261. The van der Waals surface area contributed by atoms with E-state index in [4.69, 9.17) is 22.1 Å². The number of ether oxygens (including phenoxy) is 1. The van der Waals surface area contributed by atoms with Gasteiger partial charge in [0.05, 0.1) is 16.3 Å². The zero-order valence-electron chi connectivity index (χ0n) is 15.9. The number of amides is 1. The number of halogens is 2. The number of carbonyl (C=O) groups is 1. The molecule has 0 aromatic heterocycles. The third kappa shape index (κ3) is 4.82. The number of nitrogens with two attached hydrogens (primary N) is 1. The molecule has 1 aromatic rings. The molecular formula is C20H27Cl2N3O2. The fourth-order valence-corrected chi connectivity index (χ4v) is 4.22. The summed E-state index contributed by atoms with van der Waals surface area (Å²) in [5.74, 6) is 5.97. The van der Waals surface area contributed by atoms with Gasteiger partial charge in [0.25, 0.3) is 5.91 Å². The van der Waals surface area contributed by atoms with E-state index in [1.807, 2.05) is 6.92 Å². The predicted molar refractivity (Wildman–Crippen MR) is 112 cm³/mol. The quantitative estimate of drug-likeness (QED) is 0.587. The Morgan fingerprint density at radius 2 is 2.00 bits per heavy atom. The fourth-order valence-electron chi connectivity index (χ4n) is 4.06. The van der Waals surface area contributed by atoms with Crippen molar-refractivity contribution in [3.8, 4) is 17.6 Å². The number of hydrogen-bond donors (Lipinski definition) is 2. The highest BCUT2D eigenvalue weighted by Gasteiger charge is 2.39. The molecule has 2 aliphatic rings. The van der Waals surface area contributed by atoms with Gasteiger partial charge < -0.3 is 20.7 Å². The number of fused-ring (bicyclic) bond motifs is 2. The van der Waals surface area contributed by atoms with Crippen LogP contribution in [-0.2, 0) is 0 Å². The van der Waals surface area contributed by atoms with E-state index >= 15 is 0 Å². The van der Waals surface area contributed by atoms with Crippen LogP contribution in [0.2, 0.25) is 5.02 Å². The Morgan fingerprint density at radius 3 is 2.59 bits per heavy atom. The summed E-state index contributed by atoms with van der Waals surface area (Å²) in [5.41, 5.74) is 6.68. The summed E-state index contributed by atoms with van der Waals surface area (Å²) in [6, 6.07) is 4.48. The van der Waals surface area contributed by atoms with Crippen molar-refractivity contribution in [3.05, 3.63) is 22.7 Å². The average Bonchev–Trinajstić information content (AvgIpc) is 2.80. The molecular weight excluding hydrogens is 385 g/mol. The largest absolute Gasteiger partial charge is 0.477 e. The number of piperidine rings is 1. The van der Waals surface area contributed by atoms with E-state index in [9.17, 15) is 4.79 Å². The number of nitrogens with zero attached hydrogens (tertiary/aromatic N) is 1. The zero-order valence-corrected chi connectivity index (χ0v) is 17.5. The van der Waals surface area contributed by atoms with Crippen LogP contribution >= 0.6 is 24.0 Å². The van der Waals surface area contributed by atoms with Crippen molar-refractivity contribution in [2.45, 2.75) is 63.8 Å². The number of nitrogens with one attached hydrogen (secondary N) is 1. The molecule has 0 saturated carbocycles. The van der Waals surface area contributed by atoms with Gasteiger partial charge >= 0.3 is 0 Å². The first-order chi connectivity index (χ1) is 12.4. The molecule has 1 unspecified atom stereocenters. The Hall–Kier alpha value is -1.61. The first kappa shape index (κ1) is 21.7. The minimum atomic E-state index is -0.341. The molecule has 1 aromatic carbocycles. The summed E-state index contributed by atoms with van der Waals surface area (Å²) in [6.07, 6.45) is 4.04. The van der Waals surface area contributed by atoms with Crippen molar-refractivity contribution >= 4 is 35.6 Å². The van der Waals surface area contributed by atoms with Crippen LogP contribution in [0.25, 0.3) is 0 Å². The van der Waals surface area contributed by atoms with Crippen LogP contribution < -0.4 is 15.8 Å². The van der Waals surface area contributed by atoms with Crippen LogP contribution in [-0.4, -0.2) is 42.1 Å². The minimum absolute atomic E-state index is 0. The van der Waals surface area contributed by atoms with Crippen molar-refractivity contribution in [2.24, 2.45) is 0 Å². The molecule has 3 rings (SSSR count). The van der Waals surface area contributed by atoms with E-state index in [-0.39, 0.29) is 30.5 Å². The van der Waals surface area contributed by atoms with Crippen molar-refractivity contribution in [1.82, 2.24) is 10.2 Å². The first-order valence-electron chi connectivity index (χ1n) is 9.09. The highest BCUT2D eigenvalue weighted by atomic mass is 35.5.